The molecule has 1 nitrogen and oxygen atoms in total. The molecule has 0 aromatic rings. The zero-order valence-electron chi connectivity index (χ0n) is 2.94. The van der Waals surface area contributed by atoms with Crippen LogP contribution in [0.3, 0.4) is 0 Å². The van der Waals surface area contributed by atoms with E-state index in [2.05, 4.69) is 13.2 Å². The van der Waals surface area contributed by atoms with Gasteiger partial charge in [0.1, 0.15) is 5.76 Å². The molecule has 0 aliphatic heterocycles. The summed E-state index contributed by atoms with van der Waals surface area (Å²) in [6, 6.07) is 0. The fraction of sp³-hybridized carbons (Fsp3) is 0. The van der Waals surface area contributed by atoms with E-state index in [4.69, 9.17) is 5.11 Å². The molecular formula is C4H6O. The van der Waals surface area contributed by atoms with Crippen LogP contribution in [0.25, 0.3) is 0 Å². The monoisotopic (exact) mass is 70.0 g/mol. The standard InChI is InChI=1S/C4H6O/c1-3-4(2)5/h3,5H,1-2H2. The van der Waals surface area contributed by atoms with Gasteiger partial charge in [0.15, 0.2) is 0 Å². The summed E-state index contributed by atoms with van der Waals surface area (Å²) >= 11 is 0. The van der Waals surface area contributed by atoms with Crippen molar-refractivity contribution in [1.29, 1.82) is 0 Å². The van der Waals surface area contributed by atoms with Crippen molar-refractivity contribution in [2.24, 2.45) is 0 Å². The molecule has 1 heteroatoms. The normalized spacial score (nSPS) is 6.40. The minimum Gasteiger partial charge on any atom is -0.509 e. The van der Waals surface area contributed by atoms with Gasteiger partial charge in [0, 0.05) is 0 Å². The molecule has 0 amide bonds. The minimum atomic E-state index is 0.0185. The van der Waals surface area contributed by atoms with Gasteiger partial charge in [0.2, 0.25) is 0 Å². The highest BCUT2D eigenvalue weighted by Gasteiger charge is 1.62. The fourth-order valence-electron chi connectivity index (χ4n) is 0. The summed E-state index contributed by atoms with van der Waals surface area (Å²) in [5, 5.41) is 8.05. The van der Waals surface area contributed by atoms with Gasteiger partial charge in [-0.25, -0.2) is 0 Å². The van der Waals surface area contributed by atoms with E-state index in [0.29, 0.717) is 0 Å². The lowest BCUT2D eigenvalue weighted by Gasteiger charge is -1.73. The van der Waals surface area contributed by atoms with Gasteiger partial charge in [-0.05, 0) is 6.08 Å². The highest BCUT2D eigenvalue weighted by molar-refractivity contribution is 4.98. The molecule has 0 fully saturated rings. The Morgan fingerprint density at radius 2 is 2.00 bits per heavy atom. The quantitative estimate of drug-likeness (QED) is 0.363. The zero-order chi connectivity index (χ0) is 4.28. The Morgan fingerprint density at radius 1 is 1.80 bits per heavy atom. The summed E-state index contributed by atoms with van der Waals surface area (Å²) in [5.41, 5.74) is 0. The van der Waals surface area contributed by atoms with Gasteiger partial charge < -0.3 is 5.11 Å². The molecule has 0 spiro atoms. The number of aliphatic hydroxyl groups is 1. The average Bonchev–Trinajstić information content (AvgIpc) is 1.38. The molecule has 0 unspecified atom stereocenters. The molecular weight excluding hydrogens is 64.0 g/mol. The van der Waals surface area contributed by atoms with Crippen LogP contribution in [0.5, 0.6) is 0 Å². The summed E-state index contributed by atoms with van der Waals surface area (Å²) in [4.78, 5) is 0. The van der Waals surface area contributed by atoms with Crippen molar-refractivity contribution >= 4 is 0 Å². The van der Waals surface area contributed by atoms with Gasteiger partial charge in [-0.1, -0.05) is 13.2 Å². The number of aliphatic hydroxyl groups excluding tert-OH is 1. The third-order valence-electron chi connectivity index (χ3n) is 0.236. The predicted molar refractivity (Wildman–Crippen MR) is 22.0 cm³/mol. The second kappa shape index (κ2) is 1.58. The maximum Gasteiger partial charge on any atom is 0.107 e. The van der Waals surface area contributed by atoms with Crippen LogP contribution in [-0.4, -0.2) is 5.11 Å². The first-order valence-corrected chi connectivity index (χ1v) is 1.27. The van der Waals surface area contributed by atoms with Crippen LogP contribution >= 0.6 is 0 Å². The maximum atomic E-state index is 8.05. The summed E-state index contributed by atoms with van der Waals surface area (Å²) in [5.74, 6) is 0.0185. The van der Waals surface area contributed by atoms with E-state index in [1.54, 1.807) is 0 Å². The molecule has 5 heavy (non-hydrogen) atoms. The number of allylic oxidation sites excluding steroid dienone is 1. The van der Waals surface area contributed by atoms with Gasteiger partial charge in [-0.15, -0.1) is 0 Å². The lowest BCUT2D eigenvalue weighted by atomic mass is 10.6. The summed E-state index contributed by atoms with van der Waals surface area (Å²) in [7, 11) is 0. The SMILES string of the molecule is C=CC(=C)O. The van der Waals surface area contributed by atoms with Crippen molar-refractivity contribution in [3.05, 3.63) is 25.0 Å². The molecule has 1 N–H and O–H groups in total. The van der Waals surface area contributed by atoms with Gasteiger partial charge in [-0.2, -0.15) is 0 Å². The Kier molecular flexibility index (Phi) is 1.36. The minimum absolute atomic E-state index is 0.0185. The Balaban J connectivity index is 3.20. The molecule has 0 heterocycles. The molecule has 0 radical (unpaired) electrons. The van der Waals surface area contributed by atoms with E-state index in [9.17, 15) is 0 Å². The van der Waals surface area contributed by atoms with E-state index in [1.807, 2.05) is 0 Å². The molecule has 0 bridgehead atoms. The van der Waals surface area contributed by atoms with Gasteiger partial charge in [-0.3, -0.25) is 0 Å². The van der Waals surface area contributed by atoms with Crippen molar-refractivity contribution in [3.63, 3.8) is 0 Å². The Labute approximate surface area is 31.2 Å². The van der Waals surface area contributed by atoms with Crippen molar-refractivity contribution in [2.45, 2.75) is 0 Å². The van der Waals surface area contributed by atoms with Gasteiger partial charge >= 0.3 is 0 Å². The second-order valence-electron chi connectivity index (χ2n) is 0.695. The Morgan fingerprint density at radius 3 is 2.00 bits per heavy atom. The fourth-order valence-corrected chi connectivity index (χ4v) is 0. The van der Waals surface area contributed by atoms with E-state index in [0.717, 1.165) is 0 Å². The van der Waals surface area contributed by atoms with Crippen LogP contribution in [0.15, 0.2) is 25.0 Å². The summed E-state index contributed by atoms with van der Waals surface area (Å²) < 4.78 is 0. The van der Waals surface area contributed by atoms with Gasteiger partial charge in [0.05, 0.1) is 0 Å². The average molecular weight is 70.1 g/mol. The third kappa shape index (κ3) is 3.28. The molecule has 0 aliphatic carbocycles. The zero-order valence-corrected chi connectivity index (χ0v) is 2.94. The molecule has 28 valence electrons. The van der Waals surface area contributed by atoms with E-state index >= 15 is 0 Å². The van der Waals surface area contributed by atoms with Gasteiger partial charge in [0.25, 0.3) is 0 Å². The first kappa shape index (κ1) is 4.28. The van der Waals surface area contributed by atoms with Crippen molar-refractivity contribution in [2.75, 3.05) is 0 Å². The van der Waals surface area contributed by atoms with E-state index in [1.165, 1.54) is 6.08 Å². The molecule has 0 atom stereocenters. The molecule has 0 rings (SSSR count). The highest BCUT2D eigenvalue weighted by Crippen LogP contribution is 1.75. The molecule has 0 aromatic heterocycles. The van der Waals surface area contributed by atoms with Crippen LogP contribution < -0.4 is 0 Å². The highest BCUT2D eigenvalue weighted by atomic mass is 16.3. The molecule has 0 saturated heterocycles. The first-order valence-electron chi connectivity index (χ1n) is 1.27. The van der Waals surface area contributed by atoms with Crippen LogP contribution in [-0.2, 0) is 0 Å². The number of hydrogen-bond donors (Lipinski definition) is 1. The van der Waals surface area contributed by atoms with Crippen molar-refractivity contribution in [1.82, 2.24) is 0 Å². The number of rotatable bonds is 1. The predicted octanol–water partition coefficient (Wildman–Crippen LogP) is 1.24. The molecule has 0 aromatic carbocycles. The third-order valence-corrected chi connectivity index (χ3v) is 0.236. The van der Waals surface area contributed by atoms with Crippen molar-refractivity contribution < 1.29 is 5.11 Å². The van der Waals surface area contributed by atoms with Crippen molar-refractivity contribution in [3.8, 4) is 0 Å². The molecule has 0 saturated carbocycles. The first-order chi connectivity index (χ1) is 2.27. The smallest absolute Gasteiger partial charge is 0.107 e. The Hall–Kier alpha value is -0.720. The van der Waals surface area contributed by atoms with Crippen LogP contribution in [0, 0.1) is 0 Å². The summed E-state index contributed by atoms with van der Waals surface area (Å²) in [6.45, 7) is 6.32. The summed E-state index contributed by atoms with van der Waals surface area (Å²) in [6.07, 6.45) is 1.28. The second-order valence-corrected chi connectivity index (χ2v) is 0.695. The lowest BCUT2D eigenvalue weighted by molar-refractivity contribution is 0.435. The van der Waals surface area contributed by atoms with E-state index in [-0.39, 0.29) is 5.76 Å². The van der Waals surface area contributed by atoms with Crippen LogP contribution in [0.4, 0.5) is 0 Å². The number of hydrogen-bond acceptors (Lipinski definition) is 1. The van der Waals surface area contributed by atoms with Crippen LogP contribution in [0.1, 0.15) is 0 Å². The topological polar surface area (TPSA) is 20.2 Å². The largest absolute Gasteiger partial charge is 0.509 e. The molecule has 0 aliphatic rings. The lowest BCUT2D eigenvalue weighted by Crippen LogP contribution is -1.59. The Bertz CT molecular complexity index is 54.7. The maximum absolute atomic E-state index is 8.05. The van der Waals surface area contributed by atoms with E-state index < -0.39 is 0 Å². The van der Waals surface area contributed by atoms with Crippen LogP contribution in [0.2, 0.25) is 0 Å².